The minimum absolute atomic E-state index is 0.00117. The average Bonchev–Trinajstić information content (AvgIpc) is 2.73. The van der Waals surface area contributed by atoms with E-state index in [0.717, 1.165) is 24.1 Å². The van der Waals surface area contributed by atoms with Gasteiger partial charge in [0.05, 0.1) is 20.3 Å². The summed E-state index contributed by atoms with van der Waals surface area (Å²) in [4.78, 5) is 14.2. The van der Waals surface area contributed by atoms with Gasteiger partial charge in [0.15, 0.2) is 11.5 Å². The van der Waals surface area contributed by atoms with Crippen LogP contribution in [0.15, 0.2) is 36.4 Å². The van der Waals surface area contributed by atoms with Gasteiger partial charge in [0.2, 0.25) is 5.91 Å². The minimum atomic E-state index is -0.229. The van der Waals surface area contributed by atoms with E-state index < -0.39 is 0 Å². The smallest absolute Gasteiger partial charge is 0.246 e. The van der Waals surface area contributed by atoms with Gasteiger partial charge >= 0.3 is 0 Å². The number of ether oxygens (including phenoxy) is 3. The molecule has 0 radical (unpaired) electrons. The number of carbonyl (C=O) groups excluding carboxylic acids is 1. The minimum Gasteiger partial charge on any atom is -0.493 e. The summed E-state index contributed by atoms with van der Waals surface area (Å²) in [5.74, 6) is 0.891. The van der Waals surface area contributed by atoms with Gasteiger partial charge in [-0.2, -0.15) is 0 Å². The second-order valence-corrected chi connectivity index (χ2v) is 6.97. The van der Waals surface area contributed by atoms with Crippen LogP contribution >= 0.6 is 0 Å². The molecule has 0 saturated carbocycles. The molecule has 1 atom stereocenters. The average molecular weight is 402 g/mol. The van der Waals surface area contributed by atoms with Crippen molar-refractivity contribution in [1.29, 1.82) is 0 Å². The molecule has 0 aromatic heterocycles. The van der Waals surface area contributed by atoms with Crippen molar-refractivity contribution in [2.75, 3.05) is 41.0 Å². The maximum atomic E-state index is 14.2. The van der Waals surface area contributed by atoms with Crippen LogP contribution in [-0.4, -0.2) is 51.8 Å². The van der Waals surface area contributed by atoms with Crippen LogP contribution in [0.2, 0.25) is 0 Å². The maximum absolute atomic E-state index is 14.2. The molecule has 1 aliphatic rings. The summed E-state index contributed by atoms with van der Waals surface area (Å²) in [6.07, 6.45) is 0.798. The van der Waals surface area contributed by atoms with Crippen LogP contribution in [0.25, 0.3) is 0 Å². The highest BCUT2D eigenvalue weighted by atomic mass is 19.1. The number of hydrogen-bond donors (Lipinski definition) is 1. The van der Waals surface area contributed by atoms with Gasteiger partial charge in [0.1, 0.15) is 12.4 Å². The van der Waals surface area contributed by atoms with E-state index in [0.29, 0.717) is 30.2 Å². The highest BCUT2D eigenvalue weighted by Gasteiger charge is 2.30. The van der Waals surface area contributed by atoms with Crippen LogP contribution < -0.4 is 14.8 Å². The number of halogens is 1. The number of rotatable bonds is 8. The Bertz CT molecular complexity index is 859. The fourth-order valence-corrected chi connectivity index (χ4v) is 3.75. The third kappa shape index (κ3) is 4.86. The van der Waals surface area contributed by atoms with Crippen molar-refractivity contribution in [2.24, 2.45) is 0 Å². The fraction of sp³-hybridized carbons (Fsp3) is 0.409. The normalized spacial score (nSPS) is 16.2. The summed E-state index contributed by atoms with van der Waals surface area (Å²) in [5.41, 5.74) is 2.81. The van der Waals surface area contributed by atoms with E-state index in [9.17, 15) is 9.18 Å². The molecule has 2 aromatic rings. The topological polar surface area (TPSA) is 60.0 Å². The second-order valence-electron chi connectivity index (χ2n) is 6.97. The Morgan fingerprint density at radius 3 is 2.59 bits per heavy atom. The number of nitrogens with one attached hydrogen (secondary N) is 1. The SMILES string of the molecule is COCC(=O)NC[C@@H]1c2cc(OC)c(OC)cc2CCN1Cc1ccccc1F. The summed E-state index contributed by atoms with van der Waals surface area (Å²) in [6.45, 7) is 1.57. The molecule has 1 aliphatic heterocycles. The lowest BCUT2D eigenvalue weighted by molar-refractivity contribution is -0.125. The van der Waals surface area contributed by atoms with Crippen molar-refractivity contribution in [3.8, 4) is 11.5 Å². The molecule has 0 saturated heterocycles. The van der Waals surface area contributed by atoms with Crippen molar-refractivity contribution >= 4 is 5.91 Å². The van der Waals surface area contributed by atoms with Gasteiger partial charge in [-0.15, -0.1) is 0 Å². The highest BCUT2D eigenvalue weighted by Crippen LogP contribution is 2.38. The molecule has 1 amide bonds. The van der Waals surface area contributed by atoms with Crippen LogP contribution in [0.5, 0.6) is 11.5 Å². The molecule has 0 fully saturated rings. The first-order valence-corrected chi connectivity index (χ1v) is 9.55. The Balaban J connectivity index is 1.92. The van der Waals surface area contributed by atoms with Crippen LogP contribution in [0.1, 0.15) is 22.7 Å². The van der Waals surface area contributed by atoms with E-state index in [1.807, 2.05) is 18.2 Å². The predicted octanol–water partition coefficient (Wildman–Crippen LogP) is 2.70. The molecule has 2 aromatic carbocycles. The lowest BCUT2D eigenvalue weighted by Crippen LogP contribution is -2.42. The van der Waals surface area contributed by atoms with Gasteiger partial charge in [-0.25, -0.2) is 4.39 Å². The number of hydrogen-bond acceptors (Lipinski definition) is 5. The number of fused-ring (bicyclic) bond motifs is 1. The fourth-order valence-electron chi connectivity index (χ4n) is 3.75. The van der Waals surface area contributed by atoms with Gasteiger partial charge in [-0.1, -0.05) is 18.2 Å². The molecule has 6 nitrogen and oxygen atoms in total. The number of amides is 1. The quantitative estimate of drug-likeness (QED) is 0.736. The van der Waals surface area contributed by atoms with E-state index >= 15 is 0 Å². The molecular weight excluding hydrogens is 375 g/mol. The highest BCUT2D eigenvalue weighted by molar-refractivity contribution is 5.77. The first-order chi connectivity index (χ1) is 14.1. The first kappa shape index (κ1) is 21.1. The summed E-state index contributed by atoms with van der Waals surface area (Å²) < 4.78 is 30.1. The zero-order valence-electron chi connectivity index (χ0n) is 17.0. The van der Waals surface area contributed by atoms with Gasteiger partial charge in [0.25, 0.3) is 0 Å². The molecule has 3 rings (SSSR count). The standard InChI is InChI=1S/C22H27FN2O4/c1-27-14-22(26)24-12-19-17-11-21(29-3)20(28-2)10-15(17)8-9-25(19)13-16-6-4-5-7-18(16)23/h4-7,10-11,19H,8-9,12-14H2,1-3H3,(H,24,26)/t19-/m1/s1. The first-order valence-electron chi connectivity index (χ1n) is 9.55. The van der Waals surface area contributed by atoms with E-state index in [4.69, 9.17) is 14.2 Å². The molecule has 0 unspecified atom stereocenters. The molecular formula is C22H27FN2O4. The number of methoxy groups -OCH3 is 3. The molecule has 0 bridgehead atoms. The van der Waals surface area contributed by atoms with Gasteiger partial charge in [-0.3, -0.25) is 9.69 Å². The largest absolute Gasteiger partial charge is 0.493 e. The van der Waals surface area contributed by atoms with E-state index in [1.54, 1.807) is 26.4 Å². The molecule has 29 heavy (non-hydrogen) atoms. The molecule has 1 heterocycles. The number of carbonyl (C=O) groups is 1. The van der Waals surface area contributed by atoms with Crippen LogP contribution in [0, 0.1) is 5.82 Å². The van der Waals surface area contributed by atoms with Crippen molar-refractivity contribution in [3.05, 3.63) is 58.9 Å². The monoisotopic (exact) mass is 402 g/mol. The maximum Gasteiger partial charge on any atom is 0.246 e. The van der Waals surface area contributed by atoms with Crippen molar-refractivity contribution in [3.63, 3.8) is 0 Å². The second kappa shape index (κ2) is 9.71. The lowest BCUT2D eigenvalue weighted by Gasteiger charge is -2.38. The Hall–Kier alpha value is -2.64. The van der Waals surface area contributed by atoms with Crippen LogP contribution in [0.3, 0.4) is 0 Å². The zero-order chi connectivity index (χ0) is 20.8. The van der Waals surface area contributed by atoms with Crippen LogP contribution in [0.4, 0.5) is 4.39 Å². The summed E-state index contributed by atoms with van der Waals surface area (Å²) >= 11 is 0. The van der Waals surface area contributed by atoms with E-state index in [-0.39, 0.29) is 24.4 Å². The summed E-state index contributed by atoms with van der Waals surface area (Å²) in [6, 6.07) is 10.6. The molecule has 0 spiro atoms. The number of nitrogens with zero attached hydrogens (tertiary/aromatic N) is 1. The van der Waals surface area contributed by atoms with E-state index in [1.165, 1.54) is 13.2 Å². The third-order valence-electron chi connectivity index (χ3n) is 5.21. The lowest BCUT2D eigenvalue weighted by atomic mass is 9.91. The summed E-state index contributed by atoms with van der Waals surface area (Å²) in [5, 5.41) is 2.92. The Labute approximate surface area is 170 Å². The molecule has 0 aliphatic carbocycles. The molecule has 7 heteroatoms. The van der Waals surface area contributed by atoms with Crippen molar-refractivity contribution < 1.29 is 23.4 Å². The molecule has 1 N–H and O–H groups in total. The Kier molecular flexibility index (Phi) is 7.06. The molecule has 156 valence electrons. The van der Waals surface area contributed by atoms with Gasteiger partial charge in [-0.05, 0) is 35.7 Å². The third-order valence-corrected chi connectivity index (χ3v) is 5.21. The predicted molar refractivity (Wildman–Crippen MR) is 108 cm³/mol. The number of benzene rings is 2. The van der Waals surface area contributed by atoms with Crippen molar-refractivity contribution in [1.82, 2.24) is 10.2 Å². The van der Waals surface area contributed by atoms with Gasteiger partial charge in [0, 0.05) is 32.3 Å². The van der Waals surface area contributed by atoms with Crippen molar-refractivity contribution in [2.45, 2.75) is 19.0 Å². The van der Waals surface area contributed by atoms with Gasteiger partial charge < -0.3 is 19.5 Å². The Morgan fingerprint density at radius 1 is 1.17 bits per heavy atom. The summed E-state index contributed by atoms with van der Waals surface area (Å²) in [7, 11) is 4.69. The van der Waals surface area contributed by atoms with Crippen LogP contribution in [-0.2, 0) is 22.5 Å². The Morgan fingerprint density at radius 2 is 1.90 bits per heavy atom. The van der Waals surface area contributed by atoms with E-state index in [2.05, 4.69) is 10.2 Å². The zero-order valence-corrected chi connectivity index (χ0v) is 17.0.